The van der Waals surface area contributed by atoms with E-state index in [-0.39, 0.29) is 0 Å². The Morgan fingerprint density at radius 2 is 1.48 bits per heavy atom. The molecule has 1 heterocycles. The molecule has 0 atom stereocenters. The molecule has 7 rings (SSSR count). The molecular weight excluding hydrogens is 349 g/mol. The minimum atomic E-state index is 0.812. The molecule has 0 amide bonds. The second kappa shape index (κ2) is 5.24. The number of nitrogens with two attached hydrogens (primary N) is 1. The van der Waals surface area contributed by atoms with Crippen molar-refractivity contribution in [3.63, 3.8) is 0 Å². The van der Waals surface area contributed by atoms with E-state index in [9.17, 15) is 0 Å². The summed E-state index contributed by atoms with van der Waals surface area (Å²) in [7, 11) is 0. The summed E-state index contributed by atoms with van der Waals surface area (Å²) >= 11 is 0. The first-order valence-corrected chi connectivity index (χ1v) is 9.98. The van der Waals surface area contributed by atoms with Crippen molar-refractivity contribution in [1.29, 1.82) is 0 Å². The Labute approximate surface area is 168 Å². The van der Waals surface area contributed by atoms with Crippen LogP contribution in [0.1, 0.15) is 5.56 Å². The first kappa shape index (κ1) is 15.3. The standard InChI is InChI=1S/C27H16BN/c29-21-6-7-22-18(12-21)11-19-14-24-20(13-23(19)22)10-16-4-1-3-15-9-17-5-2-8-28-27(17)26(24)25(15)16/h1-14H,29H2. The van der Waals surface area contributed by atoms with E-state index < -0.39 is 0 Å². The van der Waals surface area contributed by atoms with Gasteiger partial charge in [0.1, 0.15) is 0 Å². The van der Waals surface area contributed by atoms with Gasteiger partial charge in [0.05, 0.1) is 0 Å². The fraction of sp³-hybridized carbons (Fsp3) is 0. The van der Waals surface area contributed by atoms with E-state index in [2.05, 4.69) is 85.7 Å². The van der Waals surface area contributed by atoms with Crippen molar-refractivity contribution in [3.05, 3.63) is 89.5 Å². The fourth-order valence-corrected chi connectivity index (χ4v) is 5.15. The third-order valence-corrected chi connectivity index (χ3v) is 6.40. The normalized spacial score (nSPS) is 12.4. The van der Waals surface area contributed by atoms with Crippen LogP contribution in [0.25, 0.3) is 60.2 Å². The third kappa shape index (κ3) is 1.98. The zero-order chi connectivity index (χ0) is 19.1. The molecule has 0 bridgehead atoms. The number of benzene rings is 5. The Morgan fingerprint density at radius 3 is 2.38 bits per heavy atom. The molecular formula is C27H16BN. The second-order valence-electron chi connectivity index (χ2n) is 8.08. The van der Waals surface area contributed by atoms with Gasteiger partial charge in [-0.2, -0.15) is 0 Å². The van der Waals surface area contributed by atoms with Gasteiger partial charge in [-0.15, -0.1) is 0 Å². The van der Waals surface area contributed by atoms with Crippen LogP contribution in [0.4, 0.5) is 5.69 Å². The number of hydrogen-bond donors (Lipinski definition) is 1. The monoisotopic (exact) mass is 365 g/mol. The molecule has 1 nitrogen and oxygen atoms in total. The quantitative estimate of drug-likeness (QED) is 0.207. The topological polar surface area (TPSA) is 26.0 Å². The van der Waals surface area contributed by atoms with Crippen molar-refractivity contribution in [1.82, 2.24) is 0 Å². The van der Waals surface area contributed by atoms with Crippen molar-refractivity contribution < 1.29 is 0 Å². The molecule has 2 N–H and O–H groups in total. The van der Waals surface area contributed by atoms with Gasteiger partial charge in [0, 0.05) is 0 Å². The predicted molar refractivity (Wildman–Crippen MR) is 126 cm³/mol. The molecule has 0 unspecified atom stereocenters. The molecule has 0 saturated heterocycles. The predicted octanol–water partition coefficient (Wildman–Crippen LogP) is 5.75. The van der Waals surface area contributed by atoms with Gasteiger partial charge in [0.25, 0.3) is 0 Å². The van der Waals surface area contributed by atoms with Crippen molar-refractivity contribution in [2.45, 2.75) is 0 Å². The van der Waals surface area contributed by atoms with Crippen LogP contribution >= 0.6 is 0 Å². The summed E-state index contributed by atoms with van der Waals surface area (Å²) in [5.74, 6) is 2.14. The van der Waals surface area contributed by atoms with Crippen LogP contribution in [0.2, 0.25) is 0 Å². The summed E-state index contributed by atoms with van der Waals surface area (Å²) in [4.78, 5) is 0. The van der Waals surface area contributed by atoms with Crippen LogP contribution in [0.15, 0.2) is 78.8 Å². The third-order valence-electron chi connectivity index (χ3n) is 6.40. The van der Waals surface area contributed by atoms with Crippen LogP contribution in [0.3, 0.4) is 0 Å². The molecule has 0 radical (unpaired) electrons. The molecule has 1 aliphatic rings. The van der Waals surface area contributed by atoms with Crippen LogP contribution in [-0.4, -0.2) is 6.91 Å². The van der Waals surface area contributed by atoms with E-state index in [1.165, 1.54) is 64.9 Å². The van der Waals surface area contributed by atoms with E-state index in [0.717, 1.165) is 5.69 Å². The van der Waals surface area contributed by atoms with Crippen molar-refractivity contribution in [2.75, 3.05) is 5.73 Å². The number of anilines is 1. The van der Waals surface area contributed by atoms with Crippen LogP contribution in [0, 0.1) is 0 Å². The molecule has 132 valence electrons. The summed E-state index contributed by atoms with van der Waals surface area (Å²) in [6, 6.07) is 26.6. The molecule has 1 aromatic heterocycles. The molecule has 5 aromatic carbocycles. The van der Waals surface area contributed by atoms with Gasteiger partial charge >= 0.3 is 168 Å². The number of rotatable bonds is 0. The summed E-state index contributed by atoms with van der Waals surface area (Å²) in [5, 5.41) is 11.8. The van der Waals surface area contributed by atoms with Gasteiger partial charge < -0.3 is 0 Å². The zero-order valence-corrected chi connectivity index (χ0v) is 15.7. The van der Waals surface area contributed by atoms with Gasteiger partial charge in [-0.3, -0.25) is 0 Å². The summed E-state index contributed by atoms with van der Waals surface area (Å²) in [6.45, 7) is 2.25. The number of nitrogen functional groups attached to an aromatic ring is 1. The molecule has 1 aliphatic carbocycles. The Balaban J connectivity index is 1.74. The van der Waals surface area contributed by atoms with Gasteiger partial charge in [-0.05, 0) is 0 Å². The Morgan fingerprint density at radius 1 is 0.655 bits per heavy atom. The molecule has 0 saturated carbocycles. The molecule has 0 aliphatic heterocycles. The zero-order valence-electron chi connectivity index (χ0n) is 15.7. The molecule has 0 spiro atoms. The fourth-order valence-electron chi connectivity index (χ4n) is 5.15. The Bertz CT molecular complexity index is 1710. The molecule has 29 heavy (non-hydrogen) atoms. The first-order valence-electron chi connectivity index (χ1n) is 9.98. The Kier molecular flexibility index (Phi) is 2.76. The summed E-state index contributed by atoms with van der Waals surface area (Å²) in [6.07, 6.45) is 2.27. The van der Waals surface area contributed by atoms with Crippen molar-refractivity contribution >= 4 is 61.7 Å². The SMILES string of the molecule is Nc1ccc2c(c1)C=c1cc3c(cc1-2)cc1cccc2cc4cccbc4c3c21. The van der Waals surface area contributed by atoms with E-state index in [0.29, 0.717) is 0 Å². The van der Waals surface area contributed by atoms with Gasteiger partial charge in [-0.1, -0.05) is 0 Å². The van der Waals surface area contributed by atoms with Crippen molar-refractivity contribution in [3.8, 4) is 11.1 Å². The maximum atomic E-state index is 6.03. The molecule has 0 fully saturated rings. The maximum absolute atomic E-state index is 6.03. The van der Waals surface area contributed by atoms with Gasteiger partial charge in [0.15, 0.2) is 0 Å². The van der Waals surface area contributed by atoms with E-state index in [1.807, 2.05) is 6.07 Å². The van der Waals surface area contributed by atoms with Crippen molar-refractivity contribution in [2.24, 2.45) is 0 Å². The van der Waals surface area contributed by atoms with E-state index >= 15 is 0 Å². The van der Waals surface area contributed by atoms with E-state index in [4.69, 9.17) is 5.73 Å². The van der Waals surface area contributed by atoms with Crippen LogP contribution in [0.5, 0.6) is 0 Å². The number of fused-ring (bicyclic) bond motifs is 7. The molecule has 2 heteroatoms. The van der Waals surface area contributed by atoms with Crippen LogP contribution < -0.4 is 11.0 Å². The average Bonchev–Trinajstić information content (AvgIpc) is 3.08. The first-order chi connectivity index (χ1) is 14.3. The Hall–Kier alpha value is -3.65. The average molecular weight is 365 g/mol. The number of hydrogen-bond acceptors (Lipinski definition) is 1. The summed E-state index contributed by atoms with van der Waals surface area (Å²) in [5.41, 5.74) is 10.6. The second-order valence-corrected chi connectivity index (χ2v) is 8.08. The van der Waals surface area contributed by atoms with Gasteiger partial charge in [0.2, 0.25) is 0 Å². The summed E-state index contributed by atoms with van der Waals surface area (Å²) < 4.78 is 0. The van der Waals surface area contributed by atoms with E-state index in [1.54, 1.807) is 0 Å². The van der Waals surface area contributed by atoms with Crippen LogP contribution in [-0.2, 0) is 0 Å². The minimum absolute atomic E-state index is 0.812. The molecule has 6 aromatic rings. The van der Waals surface area contributed by atoms with Gasteiger partial charge in [-0.25, -0.2) is 0 Å².